The summed E-state index contributed by atoms with van der Waals surface area (Å²) in [5.74, 6) is 0. The quantitative estimate of drug-likeness (QED) is 0.591. The van der Waals surface area contributed by atoms with E-state index in [-0.39, 0.29) is 19.8 Å². The maximum absolute atomic E-state index is 3.32. The summed E-state index contributed by atoms with van der Waals surface area (Å²) in [5.41, 5.74) is 2.69. The van der Waals surface area contributed by atoms with Crippen LogP contribution in [0.25, 0.3) is 11.1 Å². The molecule has 0 aliphatic heterocycles. The van der Waals surface area contributed by atoms with Gasteiger partial charge >= 0.3 is 112 Å². The molecular weight excluding hydrogens is 460 g/mol. The second-order valence-corrected chi connectivity index (χ2v) is 6.12. The zero-order chi connectivity index (χ0) is 10.7. The van der Waals surface area contributed by atoms with E-state index in [4.69, 9.17) is 0 Å². The first-order valence-corrected chi connectivity index (χ1v) is 8.54. The van der Waals surface area contributed by atoms with Crippen molar-refractivity contribution in [2.45, 2.75) is 5.14 Å². The predicted octanol–water partition coefficient (Wildman–Crippen LogP) is 2.28. The molecule has 0 aliphatic rings. The van der Waals surface area contributed by atoms with E-state index in [9.17, 15) is 0 Å². The van der Waals surface area contributed by atoms with Crippen LogP contribution in [0.2, 0.25) is 5.14 Å². The molecule has 2 aromatic rings. The van der Waals surface area contributed by atoms with Crippen LogP contribution in [0.4, 0.5) is 0 Å². The molecule has 0 atom stereocenters. The molecule has 0 radical (unpaired) electrons. The van der Waals surface area contributed by atoms with Crippen molar-refractivity contribution in [3.8, 4) is 11.1 Å². The predicted molar refractivity (Wildman–Crippen MR) is 57.0 cm³/mol. The van der Waals surface area contributed by atoms with Gasteiger partial charge in [0.2, 0.25) is 0 Å². The minimum absolute atomic E-state index is 0.241. The van der Waals surface area contributed by atoms with Gasteiger partial charge < -0.3 is 0 Å². The molecule has 0 saturated carbocycles. The third kappa shape index (κ3) is 2.50. The van der Waals surface area contributed by atoms with Gasteiger partial charge in [0.25, 0.3) is 0 Å². The molecule has 0 aliphatic carbocycles. The van der Waals surface area contributed by atoms with E-state index >= 15 is 0 Å². The SMILES string of the molecule is [CH3][Au][c]1ccccc1-c1cccc[c]1[Pd+]. The molecule has 0 bridgehead atoms. The Balaban J connectivity index is 2.59. The molecule has 0 aromatic heterocycles. The van der Waals surface area contributed by atoms with Gasteiger partial charge in [0.15, 0.2) is 0 Å². The minimum atomic E-state index is 0.241. The standard InChI is InChI=1S/C12H8.CH3.Au.Pd/c1-3-7-11(8-4-1)12-9-5-2-6-10-12;;;/h1-7,9H;1H3;;/q;;;+1. The Labute approximate surface area is 111 Å². The molecule has 0 saturated heterocycles. The molecule has 83 valence electrons. The van der Waals surface area contributed by atoms with Crippen LogP contribution in [0.5, 0.6) is 0 Å². The van der Waals surface area contributed by atoms with E-state index in [2.05, 4.69) is 72.9 Å². The van der Waals surface area contributed by atoms with Crippen molar-refractivity contribution < 1.29 is 39.0 Å². The number of hydrogen-bond donors (Lipinski definition) is 0. The van der Waals surface area contributed by atoms with Crippen molar-refractivity contribution in [2.24, 2.45) is 0 Å². The Morgan fingerprint density at radius 1 is 0.867 bits per heavy atom. The third-order valence-corrected chi connectivity index (χ3v) is 4.93. The fourth-order valence-electron chi connectivity index (χ4n) is 1.45. The van der Waals surface area contributed by atoms with Crippen LogP contribution in [0, 0.1) is 0 Å². The van der Waals surface area contributed by atoms with E-state index in [1.165, 1.54) is 18.9 Å². The molecule has 2 aromatic carbocycles. The molecular formula is C13H11AuPd+. The van der Waals surface area contributed by atoms with Crippen LogP contribution >= 0.6 is 0 Å². The van der Waals surface area contributed by atoms with Gasteiger partial charge in [-0.3, -0.25) is 0 Å². The van der Waals surface area contributed by atoms with Gasteiger partial charge in [-0.05, 0) is 0 Å². The Morgan fingerprint density at radius 2 is 1.47 bits per heavy atom. The summed E-state index contributed by atoms with van der Waals surface area (Å²) in [4.78, 5) is 0. The van der Waals surface area contributed by atoms with Crippen LogP contribution in [0.1, 0.15) is 0 Å². The second kappa shape index (κ2) is 5.26. The Hall–Kier alpha value is -0.157. The van der Waals surface area contributed by atoms with Gasteiger partial charge in [-0.1, -0.05) is 0 Å². The summed E-state index contributed by atoms with van der Waals surface area (Å²) >= 11 is 3.56. The zero-order valence-electron chi connectivity index (χ0n) is 8.24. The first kappa shape index (κ1) is 11.3. The summed E-state index contributed by atoms with van der Waals surface area (Å²) in [7, 11) is 0. The first-order valence-electron chi connectivity index (χ1n) is 4.52. The molecule has 0 amide bonds. The van der Waals surface area contributed by atoms with E-state index < -0.39 is 0 Å². The second-order valence-electron chi connectivity index (χ2n) is 3.04. The van der Waals surface area contributed by atoms with Gasteiger partial charge in [0.05, 0.1) is 0 Å². The number of rotatable bonds is 2. The topological polar surface area (TPSA) is 0 Å². The van der Waals surface area contributed by atoms with Gasteiger partial charge in [-0.25, -0.2) is 0 Å². The Kier molecular flexibility index (Phi) is 3.97. The molecule has 0 unspecified atom stereocenters. The van der Waals surface area contributed by atoms with Crippen LogP contribution in [0.3, 0.4) is 0 Å². The summed E-state index contributed by atoms with van der Waals surface area (Å²) < 4.78 is 2.71. The summed E-state index contributed by atoms with van der Waals surface area (Å²) in [6.07, 6.45) is 0. The molecule has 0 spiro atoms. The molecule has 2 heteroatoms. The summed E-state index contributed by atoms with van der Waals surface area (Å²) in [6, 6.07) is 17.1. The van der Waals surface area contributed by atoms with Crippen molar-refractivity contribution in [3.63, 3.8) is 0 Å². The Bertz CT molecular complexity index is 466. The van der Waals surface area contributed by atoms with Gasteiger partial charge in [0.1, 0.15) is 0 Å². The first-order chi connectivity index (χ1) is 7.33. The fourth-order valence-corrected chi connectivity index (χ4v) is 3.56. The van der Waals surface area contributed by atoms with Crippen molar-refractivity contribution in [2.75, 3.05) is 0 Å². The third-order valence-electron chi connectivity index (χ3n) is 2.14. The van der Waals surface area contributed by atoms with Gasteiger partial charge in [0, 0.05) is 0 Å². The molecule has 0 fully saturated rings. The molecule has 0 heterocycles. The Morgan fingerprint density at radius 3 is 2.13 bits per heavy atom. The average molecular weight is 471 g/mol. The van der Waals surface area contributed by atoms with E-state index in [0.717, 1.165) is 0 Å². The van der Waals surface area contributed by atoms with Crippen LogP contribution in [0.15, 0.2) is 48.5 Å². The molecule has 15 heavy (non-hydrogen) atoms. The average Bonchev–Trinajstić information content (AvgIpc) is 2.30. The zero-order valence-corrected chi connectivity index (χ0v) is 12.0. The maximum atomic E-state index is 3.32. The van der Waals surface area contributed by atoms with E-state index in [1.807, 2.05) is 0 Å². The van der Waals surface area contributed by atoms with Crippen LogP contribution in [-0.4, -0.2) is 0 Å². The molecule has 0 N–H and O–H groups in total. The summed E-state index contributed by atoms with van der Waals surface area (Å²) in [6.45, 7) is 0. The van der Waals surface area contributed by atoms with Crippen molar-refractivity contribution in [1.82, 2.24) is 0 Å². The molecule has 2 rings (SSSR count). The van der Waals surface area contributed by atoms with Crippen LogP contribution in [-0.2, 0) is 39.0 Å². The van der Waals surface area contributed by atoms with Crippen LogP contribution < -0.4 is 7.82 Å². The molecule has 0 nitrogen and oxygen atoms in total. The van der Waals surface area contributed by atoms with Gasteiger partial charge in [-0.15, -0.1) is 0 Å². The van der Waals surface area contributed by atoms with Crippen molar-refractivity contribution >= 4 is 7.82 Å². The number of benzene rings is 2. The van der Waals surface area contributed by atoms with Gasteiger partial charge in [-0.2, -0.15) is 0 Å². The van der Waals surface area contributed by atoms with E-state index in [0.29, 0.717) is 0 Å². The summed E-state index contributed by atoms with van der Waals surface area (Å²) in [5, 5.41) is 2.29. The van der Waals surface area contributed by atoms with Crippen molar-refractivity contribution in [3.05, 3.63) is 48.5 Å². The fraction of sp³-hybridized carbons (Fsp3) is 0.0769. The monoisotopic (exact) mass is 470 g/mol. The normalized spacial score (nSPS) is 10.6. The number of hydrogen-bond acceptors (Lipinski definition) is 0. The van der Waals surface area contributed by atoms with Crippen molar-refractivity contribution in [1.29, 1.82) is 0 Å². The van der Waals surface area contributed by atoms with E-state index in [1.54, 1.807) is 0 Å².